The molecule has 3 aliphatic rings. The number of piperidine rings is 1. The molecular formula is C19H23N3O5S. The first-order chi connectivity index (χ1) is 13.5. The molecule has 4 rings (SSSR count). The first kappa shape index (κ1) is 18.9. The van der Waals surface area contributed by atoms with Gasteiger partial charge in [0.1, 0.15) is 12.1 Å². The van der Waals surface area contributed by atoms with Gasteiger partial charge in [0, 0.05) is 23.5 Å². The molecule has 8 nitrogen and oxygen atoms in total. The first-order valence-electron chi connectivity index (χ1n) is 9.53. The topological polar surface area (TPSA) is 96.0 Å². The average molecular weight is 405 g/mol. The molecule has 1 spiro atoms. The zero-order valence-corrected chi connectivity index (χ0v) is 16.5. The van der Waals surface area contributed by atoms with E-state index in [0.717, 1.165) is 28.2 Å². The minimum Gasteiger partial charge on any atom is -0.469 e. The Balaban J connectivity index is 1.44. The van der Waals surface area contributed by atoms with Crippen molar-refractivity contribution in [1.29, 1.82) is 0 Å². The van der Waals surface area contributed by atoms with Crippen molar-refractivity contribution < 1.29 is 23.9 Å². The van der Waals surface area contributed by atoms with Gasteiger partial charge in [-0.3, -0.25) is 19.3 Å². The second-order valence-corrected chi connectivity index (χ2v) is 8.52. The van der Waals surface area contributed by atoms with Gasteiger partial charge in [0.15, 0.2) is 0 Å². The zero-order chi connectivity index (χ0) is 19.9. The van der Waals surface area contributed by atoms with Crippen molar-refractivity contribution in [1.82, 2.24) is 15.1 Å². The molecule has 9 heteroatoms. The highest BCUT2D eigenvalue weighted by atomic mass is 32.1. The number of urea groups is 1. The predicted octanol–water partition coefficient (Wildman–Crippen LogP) is 1.24. The number of ether oxygens (including phenoxy) is 1. The van der Waals surface area contributed by atoms with Crippen molar-refractivity contribution in [3.8, 4) is 0 Å². The summed E-state index contributed by atoms with van der Waals surface area (Å²) in [6, 6.07) is 1.39. The summed E-state index contributed by atoms with van der Waals surface area (Å²) in [6.07, 6.45) is 3.34. The first-order valence-corrected chi connectivity index (χ1v) is 10.4. The van der Waals surface area contributed by atoms with Crippen molar-refractivity contribution in [2.24, 2.45) is 5.92 Å². The zero-order valence-electron chi connectivity index (χ0n) is 15.7. The number of imide groups is 1. The second-order valence-electron chi connectivity index (χ2n) is 7.52. The standard InChI is InChI=1S/C19H23N3O5S/c1-27-16(24)12-4-8-21(9-5-12)15(23)11-22-17(25)19(20-18(22)26)7-2-3-14-13(19)6-10-28-14/h6,10,12H,2-5,7-9,11H2,1H3,(H,20,26)/t19-/m0/s1. The molecule has 1 aromatic rings. The minimum atomic E-state index is -1.02. The third kappa shape index (κ3) is 2.97. The molecule has 0 aromatic carbocycles. The van der Waals surface area contributed by atoms with E-state index in [0.29, 0.717) is 32.4 Å². The van der Waals surface area contributed by atoms with Crippen LogP contribution < -0.4 is 5.32 Å². The van der Waals surface area contributed by atoms with E-state index < -0.39 is 11.6 Å². The van der Waals surface area contributed by atoms with Crippen LogP contribution in [0.1, 0.15) is 36.1 Å². The fourth-order valence-corrected chi connectivity index (χ4v) is 5.45. The highest BCUT2D eigenvalue weighted by Gasteiger charge is 2.54. The highest BCUT2D eigenvalue weighted by molar-refractivity contribution is 7.10. The molecule has 1 aliphatic carbocycles. The van der Waals surface area contributed by atoms with Gasteiger partial charge in [-0.05, 0) is 43.6 Å². The van der Waals surface area contributed by atoms with Gasteiger partial charge >= 0.3 is 12.0 Å². The number of fused-ring (bicyclic) bond motifs is 2. The van der Waals surface area contributed by atoms with Gasteiger partial charge in [0.05, 0.1) is 13.0 Å². The van der Waals surface area contributed by atoms with Gasteiger partial charge in [-0.2, -0.15) is 0 Å². The number of carbonyl (C=O) groups excluding carboxylic acids is 4. The van der Waals surface area contributed by atoms with Crippen LogP contribution in [0.15, 0.2) is 11.4 Å². The molecule has 1 N–H and O–H groups in total. The van der Waals surface area contributed by atoms with Crippen LogP contribution in [0.3, 0.4) is 0 Å². The van der Waals surface area contributed by atoms with Crippen LogP contribution in [0.2, 0.25) is 0 Å². The quantitative estimate of drug-likeness (QED) is 0.603. The number of esters is 1. The Morgan fingerprint density at radius 3 is 2.79 bits per heavy atom. The third-order valence-corrected chi connectivity index (χ3v) is 6.99. The van der Waals surface area contributed by atoms with Gasteiger partial charge in [-0.1, -0.05) is 0 Å². The fraction of sp³-hybridized carbons (Fsp3) is 0.579. The molecule has 0 radical (unpaired) electrons. The Bertz CT molecular complexity index is 829. The number of likely N-dealkylation sites (tertiary alicyclic amines) is 1. The normalized spacial score (nSPS) is 25.0. The molecule has 28 heavy (non-hydrogen) atoms. The molecule has 1 atom stereocenters. The van der Waals surface area contributed by atoms with Crippen molar-refractivity contribution in [3.05, 3.63) is 21.9 Å². The number of thiophene rings is 1. The number of hydrogen-bond donors (Lipinski definition) is 1. The molecule has 0 saturated carbocycles. The maximum Gasteiger partial charge on any atom is 0.325 e. The lowest BCUT2D eigenvalue weighted by molar-refractivity contribution is -0.149. The lowest BCUT2D eigenvalue weighted by atomic mass is 9.80. The fourth-order valence-electron chi connectivity index (χ4n) is 4.45. The Labute approximate surface area is 166 Å². The lowest BCUT2D eigenvalue weighted by Crippen LogP contribution is -2.48. The lowest BCUT2D eigenvalue weighted by Gasteiger charge is -2.32. The van der Waals surface area contributed by atoms with Crippen LogP contribution in [0, 0.1) is 5.92 Å². The molecule has 0 bridgehead atoms. The summed E-state index contributed by atoms with van der Waals surface area (Å²) in [6.45, 7) is 0.568. The smallest absolute Gasteiger partial charge is 0.325 e. The van der Waals surface area contributed by atoms with Crippen LogP contribution in [-0.2, 0) is 31.1 Å². The van der Waals surface area contributed by atoms with E-state index in [9.17, 15) is 19.2 Å². The molecule has 2 fully saturated rings. The van der Waals surface area contributed by atoms with Crippen LogP contribution in [0.4, 0.5) is 4.79 Å². The van der Waals surface area contributed by atoms with Crippen LogP contribution >= 0.6 is 11.3 Å². The number of methoxy groups -OCH3 is 1. The number of nitrogens with one attached hydrogen (secondary N) is 1. The molecule has 4 amide bonds. The van der Waals surface area contributed by atoms with Crippen molar-refractivity contribution in [2.75, 3.05) is 26.7 Å². The Morgan fingerprint density at radius 2 is 2.07 bits per heavy atom. The number of nitrogens with zero attached hydrogens (tertiary/aromatic N) is 2. The Morgan fingerprint density at radius 1 is 1.32 bits per heavy atom. The van der Waals surface area contributed by atoms with E-state index >= 15 is 0 Å². The maximum absolute atomic E-state index is 13.2. The van der Waals surface area contributed by atoms with E-state index in [1.165, 1.54) is 7.11 Å². The van der Waals surface area contributed by atoms with Gasteiger partial charge in [0.2, 0.25) is 5.91 Å². The summed E-state index contributed by atoms with van der Waals surface area (Å²) in [5.74, 6) is -1.07. The minimum absolute atomic E-state index is 0.201. The number of rotatable bonds is 3. The SMILES string of the molecule is COC(=O)C1CCN(C(=O)CN2C(=O)N[C@]3(CCCc4sccc43)C2=O)CC1. The molecule has 150 valence electrons. The summed E-state index contributed by atoms with van der Waals surface area (Å²) in [5, 5.41) is 4.80. The summed E-state index contributed by atoms with van der Waals surface area (Å²) >= 11 is 1.60. The predicted molar refractivity (Wildman–Crippen MR) is 100 cm³/mol. The van der Waals surface area contributed by atoms with Gasteiger partial charge in [-0.25, -0.2) is 4.79 Å². The molecule has 2 aliphatic heterocycles. The monoisotopic (exact) mass is 405 g/mol. The van der Waals surface area contributed by atoms with Gasteiger partial charge in [0.25, 0.3) is 5.91 Å². The Hall–Kier alpha value is -2.42. The van der Waals surface area contributed by atoms with Gasteiger partial charge in [-0.15, -0.1) is 11.3 Å². The van der Waals surface area contributed by atoms with Crippen LogP contribution in [-0.4, -0.2) is 60.4 Å². The van der Waals surface area contributed by atoms with E-state index in [4.69, 9.17) is 4.74 Å². The highest BCUT2D eigenvalue weighted by Crippen LogP contribution is 2.42. The van der Waals surface area contributed by atoms with Crippen LogP contribution in [0.5, 0.6) is 0 Å². The number of carbonyl (C=O) groups is 4. The molecule has 3 heterocycles. The molecule has 0 unspecified atom stereocenters. The van der Waals surface area contributed by atoms with Crippen LogP contribution in [0.25, 0.3) is 0 Å². The van der Waals surface area contributed by atoms with Crippen molar-refractivity contribution >= 4 is 35.2 Å². The number of hydrogen-bond acceptors (Lipinski definition) is 6. The van der Waals surface area contributed by atoms with Crippen molar-refractivity contribution in [2.45, 2.75) is 37.6 Å². The van der Waals surface area contributed by atoms with Crippen molar-refractivity contribution in [3.63, 3.8) is 0 Å². The van der Waals surface area contributed by atoms with E-state index in [-0.39, 0.29) is 30.2 Å². The second kappa shape index (κ2) is 7.20. The molecule has 1 aromatic heterocycles. The molecule has 2 saturated heterocycles. The number of amides is 4. The summed E-state index contributed by atoms with van der Waals surface area (Å²) in [7, 11) is 1.36. The maximum atomic E-state index is 13.2. The summed E-state index contributed by atoms with van der Waals surface area (Å²) in [4.78, 5) is 53.8. The number of aryl methyl sites for hydroxylation is 1. The summed E-state index contributed by atoms with van der Waals surface area (Å²) < 4.78 is 4.76. The third-order valence-electron chi connectivity index (χ3n) is 6.01. The van der Waals surface area contributed by atoms with E-state index in [1.54, 1.807) is 16.2 Å². The largest absolute Gasteiger partial charge is 0.469 e. The summed E-state index contributed by atoms with van der Waals surface area (Å²) in [5.41, 5.74) is -0.154. The average Bonchev–Trinajstić information content (AvgIpc) is 3.28. The molecular weight excluding hydrogens is 382 g/mol. The van der Waals surface area contributed by atoms with E-state index in [1.807, 2.05) is 11.4 Å². The Kier molecular flexibility index (Phi) is 4.86. The van der Waals surface area contributed by atoms with E-state index in [2.05, 4.69) is 5.32 Å². The van der Waals surface area contributed by atoms with Gasteiger partial charge < -0.3 is 15.0 Å².